The molecule has 2 aromatic rings. The van der Waals surface area contributed by atoms with E-state index in [2.05, 4.69) is 34.1 Å². The third kappa shape index (κ3) is 2.13. The number of methoxy groups -OCH3 is 1. The summed E-state index contributed by atoms with van der Waals surface area (Å²) in [6.07, 6.45) is 3.75. The van der Waals surface area contributed by atoms with E-state index in [1.807, 2.05) is 0 Å². The van der Waals surface area contributed by atoms with Crippen molar-refractivity contribution in [3.63, 3.8) is 0 Å². The zero-order valence-corrected chi connectivity index (χ0v) is 13.0. The van der Waals surface area contributed by atoms with Crippen molar-refractivity contribution < 1.29 is 9.53 Å². The van der Waals surface area contributed by atoms with Crippen molar-refractivity contribution in [1.29, 1.82) is 0 Å². The topological polar surface area (TPSA) is 45.3 Å². The number of hydrogen-bond acceptors (Lipinski definition) is 3. The highest BCUT2D eigenvalue weighted by atomic mass is 16.5. The first-order valence-corrected chi connectivity index (χ1v) is 8.18. The molecule has 1 saturated heterocycles. The molecule has 116 valence electrons. The average molecular weight is 298 g/mol. The molecule has 4 heteroatoms. The lowest BCUT2D eigenvalue weighted by atomic mass is 9.88. The van der Waals surface area contributed by atoms with Crippen LogP contribution in [0.5, 0.6) is 0 Å². The summed E-state index contributed by atoms with van der Waals surface area (Å²) in [5.41, 5.74) is 4.12. The van der Waals surface area contributed by atoms with Crippen LogP contribution in [0, 0.1) is 5.92 Å². The van der Waals surface area contributed by atoms with Gasteiger partial charge in [0.1, 0.15) is 0 Å². The number of aromatic amines is 1. The van der Waals surface area contributed by atoms with E-state index in [1.165, 1.54) is 35.7 Å². The van der Waals surface area contributed by atoms with Crippen LogP contribution in [-0.2, 0) is 16.0 Å². The van der Waals surface area contributed by atoms with Gasteiger partial charge in [-0.15, -0.1) is 0 Å². The number of nitrogens with one attached hydrogen (secondary N) is 1. The second-order valence-electron chi connectivity index (χ2n) is 6.46. The van der Waals surface area contributed by atoms with E-state index in [1.54, 1.807) is 0 Å². The Morgan fingerprint density at radius 3 is 3.09 bits per heavy atom. The lowest BCUT2D eigenvalue weighted by Gasteiger charge is -2.32. The Hall–Kier alpha value is -1.81. The Kier molecular flexibility index (Phi) is 3.41. The van der Waals surface area contributed by atoms with Gasteiger partial charge in [-0.1, -0.05) is 18.2 Å². The molecule has 2 aliphatic heterocycles. The summed E-state index contributed by atoms with van der Waals surface area (Å²) in [7, 11) is 1.47. The minimum Gasteiger partial charge on any atom is -0.469 e. The van der Waals surface area contributed by atoms with Gasteiger partial charge in [-0.05, 0) is 43.4 Å². The molecule has 4 rings (SSSR count). The van der Waals surface area contributed by atoms with Crippen molar-refractivity contribution in [3.05, 3.63) is 35.5 Å². The molecule has 3 heterocycles. The number of rotatable bonds is 3. The van der Waals surface area contributed by atoms with Crippen LogP contribution in [0.3, 0.4) is 0 Å². The van der Waals surface area contributed by atoms with Crippen molar-refractivity contribution >= 4 is 16.9 Å². The van der Waals surface area contributed by atoms with E-state index >= 15 is 0 Å². The highest BCUT2D eigenvalue weighted by molar-refractivity contribution is 5.85. The molecule has 0 spiro atoms. The van der Waals surface area contributed by atoms with E-state index in [4.69, 9.17) is 4.74 Å². The number of hydrogen-bond donors (Lipinski definition) is 1. The summed E-state index contributed by atoms with van der Waals surface area (Å²) < 4.78 is 4.80. The number of carbonyl (C=O) groups is 1. The molecule has 1 aromatic carbocycles. The smallest absolute Gasteiger partial charge is 0.305 e. The molecule has 0 unspecified atom stereocenters. The van der Waals surface area contributed by atoms with Crippen LogP contribution < -0.4 is 0 Å². The molecule has 1 aromatic heterocycles. The molecule has 1 N–H and O–H groups in total. The molecule has 2 aliphatic rings. The summed E-state index contributed by atoms with van der Waals surface area (Å²) in [5.74, 6) is 0.456. The maximum atomic E-state index is 11.5. The summed E-state index contributed by atoms with van der Waals surface area (Å²) in [6.45, 7) is 2.28. The number of ether oxygens (including phenoxy) is 1. The van der Waals surface area contributed by atoms with Gasteiger partial charge in [0, 0.05) is 29.6 Å². The maximum absolute atomic E-state index is 11.5. The Labute approximate surface area is 130 Å². The third-order valence-electron chi connectivity index (χ3n) is 5.37. The Morgan fingerprint density at radius 1 is 1.36 bits per heavy atom. The van der Waals surface area contributed by atoms with Gasteiger partial charge in [0.2, 0.25) is 0 Å². The quantitative estimate of drug-likeness (QED) is 0.886. The van der Waals surface area contributed by atoms with Gasteiger partial charge in [-0.3, -0.25) is 9.69 Å². The highest BCUT2D eigenvalue weighted by Gasteiger charge is 2.40. The van der Waals surface area contributed by atoms with E-state index in [0.29, 0.717) is 18.4 Å². The van der Waals surface area contributed by atoms with Crippen LogP contribution in [0.1, 0.15) is 36.6 Å². The Morgan fingerprint density at radius 2 is 2.23 bits per heavy atom. The largest absolute Gasteiger partial charge is 0.469 e. The molecule has 1 fully saturated rings. The van der Waals surface area contributed by atoms with Gasteiger partial charge in [-0.2, -0.15) is 0 Å². The van der Waals surface area contributed by atoms with Crippen LogP contribution in [0.2, 0.25) is 0 Å². The normalized spacial score (nSPS) is 24.2. The number of esters is 1. The van der Waals surface area contributed by atoms with E-state index in [9.17, 15) is 4.79 Å². The zero-order valence-electron chi connectivity index (χ0n) is 13.0. The van der Waals surface area contributed by atoms with Crippen molar-refractivity contribution in [2.45, 2.75) is 31.7 Å². The predicted octanol–water partition coefficient (Wildman–Crippen LogP) is 3.04. The van der Waals surface area contributed by atoms with Crippen molar-refractivity contribution in [2.24, 2.45) is 5.92 Å². The summed E-state index contributed by atoms with van der Waals surface area (Å²) in [6, 6.07) is 9.04. The fraction of sp³-hybridized carbons (Fsp3) is 0.500. The predicted molar refractivity (Wildman–Crippen MR) is 85.7 cm³/mol. The lowest BCUT2D eigenvalue weighted by molar-refractivity contribution is -0.141. The molecule has 0 bridgehead atoms. The molecule has 22 heavy (non-hydrogen) atoms. The summed E-state index contributed by atoms with van der Waals surface area (Å²) in [4.78, 5) is 17.7. The maximum Gasteiger partial charge on any atom is 0.305 e. The number of H-pyrrole nitrogens is 1. The fourth-order valence-corrected chi connectivity index (χ4v) is 4.30. The SMILES string of the molecule is COC(=O)CC[C@H]1CCN2CCc3c([nH]c4ccccc34)[C@@H]12. The van der Waals surface area contributed by atoms with Crippen LogP contribution in [0.15, 0.2) is 24.3 Å². The van der Waals surface area contributed by atoms with Crippen LogP contribution >= 0.6 is 0 Å². The van der Waals surface area contributed by atoms with Crippen LogP contribution in [0.4, 0.5) is 0 Å². The monoisotopic (exact) mass is 298 g/mol. The Bertz CT molecular complexity index is 706. The van der Waals surface area contributed by atoms with Gasteiger partial charge >= 0.3 is 5.97 Å². The minimum absolute atomic E-state index is 0.0915. The second kappa shape index (κ2) is 5.43. The number of benzene rings is 1. The fourth-order valence-electron chi connectivity index (χ4n) is 4.30. The number of fused-ring (bicyclic) bond motifs is 5. The molecule has 0 radical (unpaired) electrons. The first-order valence-electron chi connectivity index (χ1n) is 8.18. The molecular weight excluding hydrogens is 276 g/mol. The molecule has 0 aliphatic carbocycles. The second-order valence-corrected chi connectivity index (χ2v) is 6.46. The summed E-state index contributed by atoms with van der Waals surface area (Å²) in [5, 5.41) is 1.37. The summed E-state index contributed by atoms with van der Waals surface area (Å²) >= 11 is 0. The third-order valence-corrected chi connectivity index (χ3v) is 5.37. The zero-order chi connectivity index (χ0) is 15.1. The average Bonchev–Trinajstić information content (AvgIpc) is 3.13. The van der Waals surface area contributed by atoms with Crippen molar-refractivity contribution in [1.82, 2.24) is 9.88 Å². The molecule has 4 nitrogen and oxygen atoms in total. The van der Waals surface area contributed by atoms with Crippen LogP contribution in [-0.4, -0.2) is 36.1 Å². The van der Waals surface area contributed by atoms with Crippen LogP contribution in [0.25, 0.3) is 10.9 Å². The molecule has 0 amide bonds. The molecule has 2 atom stereocenters. The van der Waals surface area contributed by atoms with Gasteiger partial charge in [0.15, 0.2) is 0 Å². The van der Waals surface area contributed by atoms with Crippen molar-refractivity contribution in [3.8, 4) is 0 Å². The minimum atomic E-state index is -0.0915. The van der Waals surface area contributed by atoms with Gasteiger partial charge < -0.3 is 9.72 Å². The van der Waals surface area contributed by atoms with Gasteiger partial charge in [-0.25, -0.2) is 0 Å². The first-order chi connectivity index (χ1) is 10.8. The highest BCUT2D eigenvalue weighted by Crippen LogP contribution is 2.45. The Balaban J connectivity index is 1.66. The van der Waals surface area contributed by atoms with Crippen molar-refractivity contribution in [2.75, 3.05) is 20.2 Å². The number of nitrogens with zero attached hydrogens (tertiary/aromatic N) is 1. The van der Waals surface area contributed by atoms with Gasteiger partial charge in [0.05, 0.1) is 13.2 Å². The number of para-hydroxylation sites is 1. The van der Waals surface area contributed by atoms with Gasteiger partial charge in [0.25, 0.3) is 0 Å². The number of carbonyl (C=O) groups excluding carboxylic acids is 1. The first kappa shape index (κ1) is 13.8. The molecular formula is C18H22N2O2. The van der Waals surface area contributed by atoms with E-state index in [-0.39, 0.29) is 5.97 Å². The lowest BCUT2D eigenvalue weighted by Crippen LogP contribution is -2.32. The number of aromatic nitrogens is 1. The molecule has 0 saturated carbocycles. The van der Waals surface area contributed by atoms with E-state index in [0.717, 1.165) is 25.9 Å². The van der Waals surface area contributed by atoms with E-state index < -0.39 is 0 Å². The standard InChI is InChI=1S/C18H22N2O2/c1-22-16(21)7-6-12-8-10-20-11-9-14-13-4-2-3-5-15(13)19-17(14)18(12)20/h2-5,12,18-19H,6-11H2,1H3/t12-,18+/m0/s1.